The number of alkyl halides is 6. The highest BCUT2D eigenvalue weighted by Crippen LogP contribution is 2.53. The number of aromatic nitrogens is 4. The number of fused-ring (bicyclic) bond motifs is 1. The van der Waals surface area contributed by atoms with E-state index in [2.05, 4.69) is 20.3 Å². The Labute approximate surface area is 212 Å². The number of halogens is 6. The van der Waals surface area contributed by atoms with Crippen molar-refractivity contribution in [1.82, 2.24) is 29.6 Å². The van der Waals surface area contributed by atoms with Crippen molar-refractivity contribution in [3.63, 3.8) is 0 Å². The van der Waals surface area contributed by atoms with Gasteiger partial charge >= 0.3 is 18.4 Å². The Morgan fingerprint density at radius 3 is 2.50 bits per heavy atom. The highest BCUT2D eigenvalue weighted by molar-refractivity contribution is 5.77. The van der Waals surface area contributed by atoms with Crippen molar-refractivity contribution >= 4 is 11.7 Å². The van der Waals surface area contributed by atoms with Gasteiger partial charge in [0, 0.05) is 30.7 Å². The van der Waals surface area contributed by atoms with Crippen LogP contribution in [-0.4, -0.2) is 68.9 Å². The number of ether oxygens (including phenoxy) is 2. The maximum Gasteiger partial charge on any atom is 0.414 e. The van der Waals surface area contributed by atoms with E-state index < -0.39 is 54.5 Å². The van der Waals surface area contributed by atoms with Crippen molar-refractivity contribution in [2.24, 2.45) is 5.92 Å². The second-order valence-electron chi connectivity index (χ2n) is 8.98. The van der Waals surface area contributed by atoms with Gasteiger partial charge in [0.25, 0.3) is 5.88 Å². The number of carbonyl (C=O) groups excluding carboxylic acids is 1. The second kappa shape index (κ2) is 9.51. The van der Waals surface area contributed by atoms with Crippen molar-refractivity contribution in [3.05, 3.63) is 36.5 Å². The van der Waals surface area contributed by atoms with Gasteiger partial charge in [0.15, 0.2) is 11.7 Å². The summed E-state index contributed by atoms with van der Waals surface area (Å²) in [5.74, 6) is -1.65. The Hall–Kier alpha value is -3.78. The quantitative estimate of drug-likeness (QED) is 0.429. The molecule has 0 radical (unpaired) electrons. The molecule has 0 spiro atoms. The molecule has 0 aromatic carbocycles. The molecule has 1 N–H and O–H groups in total. The highest BCUT2D eigenvalue weighted by Gasteiger charge is 2.65. The summed E-state index contributed by atoms with van der Waals surface area (Å²) in [7, 11) is 2.66. The molecule has 4 rings (SSSR count). The molecule has 3 aromatic rings. The van der Waals surface area contributed by atoms with Crippen LogP contribution in [0, 0.1) is 5.92 Å². The van der Waals surface area contributed by atoms with Gasteiger partial charge in [-0.25, -0.2) is 14.8 Å². The van der Waals surface area contributed by atoms with Crippen molar-refractivity contribution in [3.8, 4) is 22.9 Å². The molecular formula is C23H24F6N6O3. The van der Waals surface area contributed by atoms with Crippen LogP contribution in [0.1, 0.15) is 32.0 Å². The van der Waals surface area contributed by atoms with Gasteiger partial charge < -0.3 is 24.1 Å². The van der Waals surface area contributed by atoms with Crippen molar-refractivity contribution < 1.29 is 40.6 Å². The zero-order chi connectivity index (χ0) is 28.0. The topological polar surface area (TPSA) is 93.9 Å². The number of methoxy groups -OCH3 is 2. The largest absolute Gasteiger partial charge is 0.494 e. The summed E-state index contributed by atoms with van der Waals surface area (Å²) in [6.45, 7) is 1.98. The minimum Gasteiger partial charge on any atom is -0.494 e. The lowest BCUT2D eigenvalue weighted by Gasteiger charge is -2.33. The van der Waals surface area contributed by atoms with E-state index in [1.54, 1.807) is 10.6 Å². The molecule has 1 aliphatic carbocycles. The molecule has 0 saturated heterocycles. The van der Waals surface area contributed by atoms with Gasteiger partial charge in [-0.15, -0.1) is 0 Å². The van der Waals surface area contributed by atoms with Gasteiger partial charge in [0.1, 0.15) is 5.75 Å². The summed E-state index contributed by atoms with van der Waals surface area (Å²) in [5, 5.41) is 2.14. The normalized spacial score (nSPS) is 20.2. The zero-order valence-corrected chi connectivity index (χ0v) is 20.7. The molecule has 206 valence electrons. The number of pyridine rings is 1. The predicted molar refractivity (Wildman–Crippen MR) is 122 cm³/mol. The van der Waals surface area contributed by atoms with E-state index in [0.29, 0.717) is 10.5 Å². The first kappa shape index (κ1) is 27.3. The number of nitrogens with zero attached hydrogens (tertiary/aromatic N) is 5. The summed E-state index contributed by atoms with van der Waals surface area (Å²) in [6, 6.07) is -2.78. The molecule has 1 aliphatic rings. The van der Waals surface area contributed by atoms with Gasteiger partial charge in [-0.05, 0) is 26.3 Å². The van der Waals surface area contributed by atoms with Gasteiger partial charge in [-0.3, -0.25) is 4.98 Å². The lowest BCUT2D eigenvalue weighted by Crippen LogP contribution is -2.51. The zero-order valence-electron chi connectivity index (χ0n) is 20.7. The third kappa shape index (κ3) is 5.00. The van der Waals surface area contributed by atoms with Crippen LogP contribution in [-0.2, 0) is 0 Å². The van der Waals surface area contributed by atoms with Crippen molar-refractivity contribution in [1.29, 1.82) is 0 Å². The Kier molecular flexibility index (Phi) is 6.82. The Bertz CT molecular complexity index is 1340. The number of imidazole rings is 1. The van der Waals surface area contributed by atoms with Crippen LogP contribution < -0.4 is 14.8 Å². The smallest absolute Gasteiger partial charge is 0.414 e. The van der Waals surface area contributed by atoms with Crippen LogP contribution in [0.5, 0.6) is 11.6 Å². The van der Waals surface area contributed by atoms with E-state index in [-0.39, 0.29) is 22.9 Å². The molecule has 3 heterocycles. The van der Waals surface area contributed by atoms with E-state index in [0.717, 1.165) is 19.2 Å². The van der Waals surface area contributed by atoms with Gasteiger partial charge in [-0.2, -0.15) is 26.3 Å². The van der Waals surface area contributed by atoms with Gasteiger partial charge in [0.2, 0.25) is 0 Å². The van der Waals surface area contributed by atoms with E-state index in [1.807, 2.05) is 0 Å². The molecule has 38 heavy (non-hydrogen) atoms. The summed E-state index contributed by atoms with van der Waals surface area (Å²) in [4.78, 5) is 25.6. The van der Waals surface area contributed by atoms with Gasteiger partial charge in [0.05, 0.1) is 43.3 Å². The third-order valence-electron chi connectivity index (χ3n) is 6.45. The van der Waals surface area contributed by atoms with Crippen LogP contribution in [0.25, 0.3) is 16.9 Å². The van der Waals surface area contributed by atoms with Crippen LogP contribution in [0.15, 0.2) is 30.9 Å². The van der Waals surface area contributed by atoms with Crippen molar-refractivity contribution in [2.75, 3.05) is 20.8 Å². The monoisotopic (exact) mass is 546 g/mol. The van der Waals surface area contributed by atoms with E-state index in [9.17, 15) is 31.1 Å². The van der Waals surface area contributed by atoms with Crippen LogP contribution >= 0.6 is 0 Å². The van der Waals surface area contributed by atoms with E-state index >= 15 is 0 Å². The minimum absolute atomic E-state index is 0.0923. The molecule has 9 nitrogen and oxygen atoms in total. The fourth-order valence-corrected chi connectivity index (χ4v) is 4.38. The number of urea groups is 1. The van der Waals surface area contributed by atoms with E-state index in [4.69, 9.17) is 9.47 Å². The molecule has 3 atom stereocenters. The first-order chi connectivity index (χ1) is 17.7. The fraction of sp³-hybridized carbons (Fsp3) is 0.478. The second-order valence-corrected chi connectivity index (χ2v) is 8.98. The number of hydrogen-bond donors (Lipinski definition) is 1. The predicted octanol–water partition coefficient (Wildman–Crippen LogP) is 4.78. The molecule has 0 bridgehead atoms. The Balaban J connectivity index is 1.75. The molecule has 1 fully saturated rings. The van der Waals surface area contributed by atoms with Gasteiger partial charge in [-0.1, -0.05) is 0 Å². The number of amides is 2. The average Bonchev–Trinajstić information content (AvgIpc) is 3.30. The molecule has 15 heteroatoms. The maximum atomic E-state index is 14.4. The SMILES string of the molecule is CCN(C(=O)N[C@]1(C)C[C@H]1C(F)(F)F)[C@@H](c1cc(-c2cn3ccnc3c(OC)n2)c(OC)cn1)C(F)(F)F. The summed E-state index contributed by atoms with van der Waals surface area (Å²) in [5.41, 5.74) is -1.62. The molecule has 1 saturated carbocycles. The fourth-order valence-electron chi connectivity index (χ4n) is 4.38. The average molecular weight is 546 g/mol. The standard InChI is InChI=1S/C23H24F6N6O3/c1-5-35(20(36)33-21(2)9-16(21)22(24,25)26)17(23(27,28)29)13-8-12(15(37-3)10-31-13)14-11-34-7-6-30-18(34)19(32-14)38-4/h6-8,10-11,16-17H,5,9H2,1-4H3,(H,33,36)/t16-,17+,21-/m1/s1. The lowest BCUT2D eigenvalue weighted by molar-refractivity contribution is -0.179. The molecular weight excluding hydrogens is 522 g/mol. The van der Waals surface area contributed by atoms with Crippen LogP contribution in [0.4, 0.5) is 31.1 Å². The minimum atomic E-state index is -5.01. The molecule has 0 unspecified atom stereocenters. The summed E-state index contributed by atoms with van der Waals surface area (Å²) in [6.07, 6.45) is -4.38. The number of nitrogens with one attached hydrogen (secondary N) is 1. The third-order valence-corrected chi connectivity index (χ3v) is 6.45. The maximum absolute atomic E-state index is 14.4. The summed E-state index contributed by atoms with van der Waals surface area (Å²) >= 11 is 0. The van der Waals surface area contributed by atoms with Crippen LogP contribution in [0.2, 0.25) is 0 Å². The molecule has 0 aliphatic heterocycles. The lowest BCUT2D eigenvalue weighted by atomic mass is 10.1. The molecule has 2 amide bonds. The first-order valence-corrected chi connectivity index (χ1v) is 11.4. The Morgan fingerprint density at radius 1 is 1.24 bits per heavy atom. The van der Waals surface area contributed by atoms with E-state index in [1.165, 1.54) is 33.5 Å². The van der Waals surface area contributed by atoms with Crippen molar-refractivity contribution in [2.45, 2.75) is 44.2 Å². The first-order valence-electron chi connectivity index (χ1n) is 11.4. The highest BCUT2D eigenvalue weighted by atomic mass is 19.4. The Morgan fingerprint density at radius 2 is 1.95 bits per heavy atom. The number of hydrogen-bond acceptors (Lipinski definition) is 6. The number of carbonyl (C=O) groups is 1. The summed E-state index contributed by atoms with van der Waals surface area (Å²) < 4.78 is 94.6. The molecule has 3 aromatic heterocycles. The number of rotatable bonds is 7. The van der Waals surface area contributed by atoms with Crippen LogP contribution in [0.3, 0.4) is 0 Å².